The number of allylic oxidation sites excluding steroid dienone is 1. The van der Waals surface area contributed by atoms with Crippen molar-refractivity contribution in [2.75, 3.05) is 13.1 Å². The highest BCUT2D eigenvalue weighted by Crippen LogP contribution is 2.62. The summed E-state index contributed by atoms with van der Waals surface area (Å²) in [5.74, 6) is 0.570. The Bertz CT molecular complexity index is 814. The van der Waals surface area contributed by atoms with E-state index in [4.69, 9.17) is 0 Å². The molecule has 2 atom stereocenters. The molecule has 1 heterocycles. The summed E-state index contributed by atoms with van der Waals surface area (Å²) in [6.45, 7) is 3.05. The van der Waals surface area contributed by atoms with Gasteiger partial charge in [-0.1, -0.05) is 23.8 Å². The first-order valence-electron chi connectivity index (χ1n) is 8.12. The van der Waals surface area contributed by atoms with Crippen LogP contribution in [0.3, 0.4) is 0 Å². The van der Waals surface area contributed by atoms with Gasteiger partial charge in [0, 0.05) is 18.7 Å². The van der Waals surface area contributed by atoms with Crippen LogP contribution in [-0.2, 0) is 10.0 Å². The number of nitriles is 1. The third-order valence-electron chi connectivity index (χ3n) is 5.77. The third-order valence-corrected chi connectivity index (χ3v) is 7.62. The van der Waals surface area contributed by atoms with E-state index in [1.165, 1.54) is 0 Å². The van der Waals surface area contributed by atoms with Crippen molar-refractivity contribution in [2.45, 2.75) is 31.1 Å². The number of benzene rings is 1. The predicted molar refractivity (Wildman–Crippen MR) is 86.9 cm³/mol. The molecule has 1 saturated carbocycles. The smallest absolute Gasteiger partial charge is 0.207 e. The minimum atomic E-state index is -3.44. The SMILES string of the molecule is Cc1ccc(S(=O)(=O)N2C[C@H]3C=C(C#N)CC4(CC4)[C@@H]3C2)cc1. The van der Waals surface area contributed by atoms with E-state index in [0.717, 1.165) is 30.4 Å². The Labute approximate surface area is 137 Å². The molecule has 1 aromatic carbocycles. The van der Waals surface area contributed by atoms with Crippen LogP contribution in [0.25, 0.3) is 0 Å². The normalized spacial score (nSPS) is 29.0. The van der Waals surface area contributed by atoms with Crippen LogP contribution < -0.4 is 0 Å². The molecule has 1 spiro atoms. The molecule has 1 saturated heterocycles. The van der Waals surface area contributed by atoms with Gasteiger partial charge in [0.05, 0.1) is 11.0 Å². The van der Waals surface area contributed by atoms with Gasteiger partial charge in [-0.2, -0.15) is 9.57 Å². The van der Waals surface area contributed by atoms with Gasteiger partial charge < -0.3 is 0 Å². The lowest BCUT2D eigenvalue weighted by Gasteiger charge is -2.30. The van der Waals surface area contributed by atoms with E-state index in [0.29, 0.717) is 23.9 Å². The first-order valence-corrected chi connectivity index (χ1v) is 9.56. The monoisotopic (exact) mass is 328 g/mol. The number of aryl methyl sites for hydroxylation is 1. The van der Waals surface area contributed by atoms with Crippen LogP contribution in [-0.4, -0.2) is 25.8 Å². The van der Waals surface area contributed by atoms with Crippen molar-refractivity contribution >= 4 is 10.0 Å². The molecule has 1 aromatic rings. The van der Waals surface area contributed by atoms with Crippen LogP contribution in [0, 0.1) is 35.5 Å². The molecule has 0 unspecified atom stereocenters. The van der Waals surface area contributed by atoms with Gasteiger partial charge in [0.25, 0.3) is 0 Å². The van der Waals surface area contributed by atoms with Crippen molar-refractivity contribution in [3.8, 4) is 6.07 Å². The summed E-state index contributed by atoms with van der Waals surface area (Å²) >= 11 is 0. The zero-order chi connectivity index (χ0) is 16.2. The molecule has 3 aliphatic rings. The topological polar surface area (TPSA) is 61.2 Å². The van der Waals surface area contributed by atoms with E-state index < -0.39 is 10.0 Å². The fraction of sp³-hybridized carbons (Fsp3) is 0.500. The highest BCUT2D eigenvalue weighted by atomic mass is 32.2. The summed E-state index contributed by atoms with van der Waals surface area (Å²) in [7, 11) is -3.44. The molecule has 0 radical (unpaired) electrons. The first kappa shape index (κ1) is 14.9. The summed E-state index contributed by atoms with van der Waals surface area (Å²) in [6.07, 6.45) is 5.12. The first-order chi connectivity index (χ1) is 10.9. The zero-order valence-electron chi connectivity index (χ0n) is 13.2. The van der Waals surface area contributed by atoms with Crippen LogP contribution in [0.4, 0.5) is 0 Å². The standard InChI is InChI=1S/C18H20N2O2S/c1-13-2-4-16(5-3-13)23(21,22)20-11-15-8-14(10-19)9-18(6-7-18)17(15)12-20/h2-5,8,15,17H,6-7,9,11-12H2,1H3/t15-,17-/m1/s1. The van der Waals surface area contributed by atoms with Crippen LogP contribution >= 0.6 is 0 Å². The molecule has 5 heteroatoms. The highest BCUT2D eigenvalue weighted by Gasteiger charge is 2.57. The molecular formula is C18H20N2O2S. The van der Waals surface area contributed by atoms with Crippen LogP contribution in [0.5, 0.6) is 0 Å². The van der Waals surface area contributed by atoms with Gasteiger partial charge in [0.15, 0.2) is 0 Å². The van der Waals surface area contributed by atoms with Gasteiger partial charge in [-0.3, -0.25) is 0 Å². The van der Waals surface area contributed by atoms with E-state index >= 15 is 0 Å². The average molecular weight is 328 g/mol. The second-order valence-electron chi connectivity index (χ2n) is 7.25. The van der Waals surface area contributed by atoms with Gasteiger partial charge >= 0.3 is 0 Å². The number of hydrogen-bond acceptors (Lipinski definition) is 3. The lowest BCUT2D eigenvalue weighted by atomic mass is 9.72. The Hall–Kier alpha value is -1.64. The van der Waals surface area contributed by atoms with Gasteiger partial charge in [0.1, 0.15) is 0 Å². The Balaban J connectivity index is 1.64. The number of sulfonamides is 1. The van der Waals surface area contributed by atoms with Crippen LogP contribution in [0.1, 0.15) is 24.8 Å². The fourth-order valence-electron chi connectivity index (χ4n) is 4.28. The molecule has 0 aromatic heterocycles. The minimum absolute atomic E-state index is 0.195. The molecular weight excluding hydrogens is 308 g/mol. The maximum Gasteiger partial charge on any atom is 0.243 e. The van der Waals surface area contributed by atoms with E-state index in [-0.39, 0.29) is 11.3 Å². The van der Waals surface area contributed by atoms with Crippen molar-refractivity contribution < 1.29 is 8.42 Å². The maximum absolute atomic E-state index is 12.9. The van der Waals surface area contributed by atoms with Gasteiger partial charge in [-0.05, 0) is 55.6 Å². The molecule has 1 aliphatic heterocycles. The number of rotatable bonds is 2. The molecule has 120 valence electrons. The summed E-state index contributed by atoms with van der Waals surface area (Å²) in [5, 5.41) is 9.25. The van der Waals surface area contributed by atoms with Gasteiger partial charge in [0.2, 0.25) is 10.0 Å². The Morgan fingerprint density at radius 3 is 2.52 bits per heavy atom. The summed E-state index contributed by atoms with van der Waals surface area (Å²) in [4.78, 5) is 0.371. The van der Waals surface area contributed by atoms with Crippen molar-refractivity contribution in [1.82, 2.24) is 4.31 Å². The number of fused-ring (bicyclic) bond motifs is 2. The average Bonchev–Trinajstić information content (AvgIpc) is 3.14. The van der Waals surface area contributed by atoms with E-state index in [2.05, 4.69) is 6.07 Å². The second-order valence-corrected chi connectivity index (χ2v) is 9.19. The summed E-state index contributed by atoms with van der Waals surface area (Å²) in [5.41, 5.74) is 2.10. The quantitative estimate of drug-likeness (QED) is 0.838. The lowest BCUT2D eigenvalue weighted by molar-refractivity contribution is 0.267. The van der Waals surface area contributed by atoms with Gasteiger partial charge in [-0.25, -0.2) is 8.42 Å². The fourth-order valence-corrected chi connectivity index (χ4v) is 5.78. The number of hydrogen-bond donors (Lipinski definition) is 0. The van der Waals surface area contributed by atoms with Crippen molar-refractivity contribution in [3.05, 3.63) is 41.5 Å². The number of nitrogens with zero attached hydrogens (tertiary/aromatic N) is 2. The maximum atomic E-state index is 12.9. The minimum Gasteiger partial charge on any atom is -0.207 e. The van der Waals surface area contributed by atoms with Gasteiger partial charge in [-0.15, -0.1) is 0 Å². The molecule has 2 fully saturated rings. The van der Waals surface area contributed by atoms with E-state index in [9.17, 15) is 13.7 Å². The van der Waals surface area contributed by atoms with E-state index in [1.54, 1.807) is 16.4 Å². The molecule has 0 N–H and O–H groups in total. The molecule has 0 amide bonds. The van der Waals surface area contributed by atoms with Crippen molar-refractivity contribution in [1.29, 1.82) is 5.26 Å². The Morgan fingerprint density at radius 1 is 1.22 bits per heavy atom. The van der Waals surface area contributed by atoms with E-state index in [1.807, 2.05) is 25.1 Å². The molecule has 4 rings (SSSR count). The highest BCUT2D eigenvalue weighted by molar-refractivity contribution is 7.89. The zero-order valence-corrected chi connectivity index (χ0v) is 14.0. The second kappa shape index (κ2) is 4.93. The lowest BCUT2D eigenvalue weighted by Crippen LogP contribution is -2.30. The Kier molecular flexibility index (Phi) is 3.20. The molecule has 4 nitrogen and oxygen atoms in total. The van der Waals surface area contributed by atoms with Crippen LogP contribution in [0.15, 0.2) is 40.8 Å². The van der Waals surface area contributed by atoms with Crippen molar-refractivity contribution in [3.63, 3.8) is 0 Å². The molecule has 2 aliphatic carbocycles. The molecule has 0 bridgehead atoms. The third kappa shape index (κ3) is 2.32. The predicted octanol–water partition coefficient (Wildman–Crippen LogP) is 2.87. The summed E-state index contributed by atoms with van der Waals surface area (Å²) in [6, 6.07) is 9.36. The largest absolute Gasteiger partial charge is 0.243 e. The Morgan fingerprint density at radius 2 is 1.91 bits per heavy atom. The van der Waals surface area contributed by atoms with Crippen molar-refractivity contribution in [2.24, 2.45) is 17.3 Å². The molecule has 23 heavy (non-hydrogen) atoms. The van der Waals surface area contributed by atoms with Crippen LogP contribution in [0.2, 0.25) is 0 Å². The summed E-state index contributed by atoms with van der Waals surface area (Å²) < 4.78 is 27.5.